The molecule has 0 amide bonds. The Morgan fingerprint density at radius 3 is 2.68 bits per heavy atom. The van der Waals surface area contributed by atoms with Gasteiger partial charge < -0.3 is 15.4 Å². The van der Waals surface area contributed by atoms with Crippen LogP contribution in [-0.4, -0.2) is 22.1 Å². The maximum Gasteiger partial charge on any atom is 0.229 e. The first kappa shape index (κ1) is 16.7. The molecule has 3 aromatic rings. The molecule has 6 nitrogen and oxygen atoms in total. The summed E-state index contributed by atoms with van der Waals surface area (Å²) in [6, 6.07) is 13.7. The van der Waals surface area contributed by atoms with Gasteiger partial charge in [-0.15, -0.1) is 0 Å². The number of nitrogens with one attached hydrogen (secondary N) is 2. The van der Waals surface area contributed by atoms with E-state index in [9.17, 15) is 0 Å². The van der Waals surface area contributed by atoms with Gasteiger partial charge in [-0.1, -0.05) is 12.1 Å². The second-order valence-electron chi connectivity index (χ2n) is 5.72. The Balaban J connectivity index is 1.79. The van der Waals surface area contributed by atoms with Crippen molar-refractivity contribution in [3.05, 3.63) is 65.6 Å². The third-order valence-corrected chi connectivity index (χ3v) is 3.63. The molecule has 0 aliphatic rings. The van der Waals surface area contributed by atoms with Crippen molar-refractivity contribution in [2.24, 2.45) is 0 Å². The molecular weight excluding hydrogens is 314 g/mol. The average Bonchev–Trinajstić information content (AvgIpc) is 2.61. The second-order valence-corrected chi connectivity index (χ2v) is 5.72. The fraction of sp³-hybridized carbons (Fsp3) is 0.211. The van der Waals surface area contributed by atoms with Crippen LogP contribution in [0.2, 0.25) is 0 Å². The molecule has 1 aromatic carbocycles. The van der Waals surface area contributed by atoms with Crippen LogP contribution in [0.25, 0.3) is 0 Å². The first-order chi connectivity index (χ1) is 12.1. The van der Waals surface area contributed by atoms with E-state index < -0.39 is 0 Å². The molecule has 0 fully saturated rings. The lowest BCUT2D eigenvalue weighted by Crippen LogP contribution is -2.07. The Bertz CT molecular complexity index is 852. The predicted octanol–water partition coefficient (Wildman–Crippen LogP) is 3.85. The number of rotatable bonds is 6. The molecule has 0 saturated carbocycles. The first-order valence-electron chi connectivity index (χ1n) is 8.05. The van der Waals surface area contributed by atoms with Gasteiger partial charge in [-0.25, -0.2) is 4.98 Å². The third-order valence-electron chi connectivity index (χ3n) is 3.63. The van der Waals surface area contributed by atoms with Crippen LogP contribution in [0, 0.1) is 13.8 Å². The van der Waals surface area contributed by atoms with E-state index in [1.54, 1.807) is 13.3 Å². The van der Waals surface area contributed by atoms with Crippen molar-refractivity contribution in [2.45, 2.75) is 20.4 Å². The van der Waals surface area contributed by atoms with Gasteiger partial charge in [0.05, 0.1) is 25.0 Å². The van der Waals surface area contributed by atoms with Gasteiger partial charge >= 0.3 is 0 Å². The number of aromatic nitrogens is 3. The molecule has 0 bridgehead atoms. The van der Waals surface area contributed by atoms with Gasteiger partial charge in [0.25, 0.3) is 0 Å². The van der Waals surface area contributed by atoms with Crippen molar-refractivity contribution >= 4 is 17.5 Å². The van der Waals surface area contributed by atoms with E-state index in [-0.39, 0.29) is 0 Å². The lowest BCUT2D eigenvalue weighted by atomic mass is 10.2. The molecule has 128 valence electrons. The first-order valence-corrected chi connectivity index (χ1v) is 8.05. The Kier molecular flexibility index (Phi) is 5.09. The number of nitrogens with zero attached hydrogens (tertiary/aromatic N) is 3. The Morgan fingerprint density at radius 1 is 1.04 bits per heavy atom. The molecule has 0 atom stereocenters. The summed E-state index contributed by atoms with van der Waals surface area (Å²) in [5.41, 5.74) is 3.79. The summed E-state index contributed by atoms with van der Waals surface area (Å²) in [6.45, 7) is 4.57. The number of ether oxygens (including phenoxy) is 1. The smallest absolute Gasteiger partial charge is 0.229 e. The predicted molar refractivity (Wildman–Crippen MR) is 99.3 cm³/mol. The van der Waals surface area contributed by atoms with E-state index in [0.29, 0.717) is 12.5 Å². The lowest BCUT2D eigenvalue weighted by molar-refractivity contribution is 0.416. The summed E-state index contributed by atoms with van der Waals surface area (Å²) in [7, 11) is 1.65. The summed E-state index contributed by atoms with van der Waals surface area (Å²) < 4.78 is 5.40. The van der Waals surface area contributed by atoms with Gasteiger partial charge in [0, 0.05) is 18.0 Å². The monoisotopic (exact) mass is 335 g/mol. The van der Waals surface area contributed by atoms with Crippen molar-refractivity contribution in [2.75, 3.05) is 17.7 Å². The molecule has 0 spiro atoms. The second kappa shape index (κ2) is 7.61. The molecule has 3 rings (SSSR count). The minimum absolute atomic E-state index is 0.521. The standard InChI is InChI=1S/C19H21N5O/c1-13-7-8-17(25-3)16(10-13)23-19-22-14(2)11-18(24-19)21-12-15-6-4-5-9-20-15/h4-11H,12H2,1-3H3,(H2,21,22,23,24). The normalized spacial score (nSPS) is 10.4. The van der Waals surface area contributed by atoms with E-state index in [1.165, 1.54) is 0 Å². The van der Waals surface area contributed by atoms with Crippen molar-refractivity contribution < 1.29 is 4.74 Å². The molecule has 25 heavy (non-hydrogen) atoms. The molecule has 2 heterocycles. The molecular formula is C19H21N5O. The molecule has 0 radical (unpaired) electrons. The highest BCUT2D eigenvalue weighted by atomic mass is 16.5. The number of methoxy groups -OCH3 is 1. The fourth-order valence-corrected chi connectivity index (χ4v) is 2.44. The van der Waals surface area contributed by atoms with Crippen molar-refractivity contribution in [1.29, 1.82) is 0 Å². The molecule has 2 aromatic heterocycles. The molecule has 2 N–H and O–H groups in total. The van der Waals surface area contributed by atoms with E-state index in [0.717, 1.165) is 34.2 Å². The van der Waals surface area contributed by atoms with Crippen LogP contribution in [0.3, 0.4) is 0 Å². The third kappa shape index (κ3) is 4.44. The van der Waals surface area contributed by atoms with Gasteiger partial charge in [-0.2, -0.15) is 4.98 Å². The highest BCUT2D eigenvalue weighted by Crippen LogP contribution is 2.27. The summed E-state index contributed by atoms with van der Waals surface area (Å²) >= 11 is 0. The quantitative estimate of drug-likeness (QED) is 0.713. The van der Waals surface area contributed by atoms with Gasteiger partial charge in [-0.05, 0) is 43.7 Å². The molecule has 0 unspecified atom stereocenters. The van der Waals surface area contributed by atoms with E-state index in [4.69, 9.17) is 4.74 Å². The van der Waals surface area contributed by atoms with Crippen molar-refractivity contribution in [1.82, 2.24) is 15.0 Å². The number of hydrogen-bond donors (Lipinski definition) is 2. The molecule has 0 aliphatic carbocycles. The summed E-state index contributed by atoms with van der Waals surface area (Å²) in [4.78, 5) is 13.3. The summed E-state index contributed by atoms with van der Waals surface area (Å²) in [5.74, 6) is 2.01. The van der Waals surface area contributed by atoms with Crippen molar-refractivity contribution in [3.8, 4) is 5.75 Å². The number of anilines is 3. The van der Waals surface area contributed by atoms with Crippen molar-refractivity contribution in [3.63, 3.8) is 0 Å². The molecule has 0 aliphatic heterocycles. The highest BCUT2D eigenvalue weighted by molar-refractivity contribution is 5.64. The average molecular weight is 335 g/mol. The molecule has 6 heteroatoms. The highest BCUT2D eigenvalue weighted by Gasteiger charge is 2.07. The maximum atomic E-state index is 5.40. The maximum absolute atomic E-state index is 5.40. The zero-order valence-corrected chi connectivity index (χ0v) is 14.6. The molecule has 0 saturated heterocycles. The largest absolute Gasteiger partial charge is 0.495 e. The van der Waals surface area contributed by atoms with Crippen LogP contribution < -0.4 is 15.4 Å². The van der Waals surface area contributed by atoms with Crippen LogP contribution in [0.4, 0.5) is 17.5 Å². The Hall–Kier alpha value is -3.15. The number of hydrogen-bond acceptors (Lipinski definition) is 6. The number of aryl methyl sites for hydroxylation is 2. The number of benzene rings is 1. The van der Waals surface area contributed by atoms with Gasteiger partial charge in [-0.3, -0.25) is 4.98 Å². The summed E-state index contributed by atoms with van der Waals surface area (Å²) in [6.07, 6.45) is 1.78. The van der Waals surface area contributed by atoms with Crippen LogP contribution in [0.15, 0.2) is 48.7 Å². The van der Waals surface area contributed by atoms with Crippen LogP contribution in [0.1, 0.15) is 17.0 Å². The van der Waals surface area contributed by atoms with E-state index in [1.807, 2.05) is 56.3 Å². The lowest BCUT2D eigenvalue weighted by Gasteiger charge is -2.13. The SMILES string of the molecule is COc1ccc(C)cc1Nc1nc(C)cc(NCc2ccccn2)n1. The van der Waals surface area contributed by atoms with Crippen LogP contribution in [-0.2, 0) is 6.54 Å². The fourth-order valence-electron chi connectivity index (χ4n) is 2.44. The number of pyridine rings is 1. The zero-order chi connectivity index (χ0) is 17.6. The van der Waals surface area contributed by atoms with Gasteiger partial charge in [0.15, 0.2) is 0 Å². The topological polar surface area (TPSA) is 72.0 Å². The summed E-state index contributed by atoms with van der Waals surface area (Å²) in [5, 5.41) is 6.52. The minimum Gasteiger partial charge on any atom is -0.495 e. The van der Waals surface area contributed by atoms with E-state index in [2.05, 4.69) is 25.6 Å². The van der Waals surface area contributed by atoms with E-state index >= 15 is 0 Å². The van der Waals surface area contributed by atoms with Gasteiger partial charge in [0.2, 0.25) is 5.95 Å². The Labute approximate surface area is 147 Å². The minimum atomic E-state index is 0.521. The van der Waals surface area contributed by atoms with Crippen LogP contribution in [0.5, 0.6) is 5.75 Å². The van der Waals surface area contributed by atoms with Gasteiger partial charge in [0.1, 0.15) is 11.6 Å². The Morgan fingerprint density at radius 2 is 1.92 bits per heavy atom. The zero-order valence-electron chi connectivity index (χ0n) is 14.6. The van der Waals surface area contributed by atoms with Crippen LogP contribution >= 0.6 is 0 Å².